The minimum atomic E-state index is -2.27. The molecule has 0 aromatic rings. The van der Waals surface area contributed by atoms with E-state index in [2.05, 4.69) is 10.2 Å². The first-order chi connectivity index (χ1) is 16.4. The van der Waals surface area contributed by atoms with Crippen LogP contribution >= 0.6 is 0 Å². The van der Waals surface area contributed by atoms with Crippen molar-refractivity contribution in [3.63, 3.8) is 0 Å². The van der Waals surface area contributed by atoms with Crippen molar-refractivity contribution in [2.45, 2.75) is 95.6 Å². The van der Waals surface area contributed by atoms with Crippen LogP contribution < -0.4 is 5.32 Å². The Morgan fingerprint density at radius 1 is 0.824 bits per heavy atom. The number of alkyl halides is 2. The molecular weight excluding hydrogens is 440 g/mol. The Hall–Kier alpha value is -1.57. The van der Waals surface area contributed by atoms with Crippen LogP contribution in [0.1, 0.15) is 77.0 Å². The van der Waals surface area contributed by atoms with Gasteiger partial charge in [-0.25, -0.2) is 8.78 Å². The first kappa shape index (κ1) is 24.1. The fourth-order valence-electron chi connectivity index (χ4n) is 7.90. The van der Waals surface area contributed by atoms with Crippen LogP contribution in [0.2, 0.25) is 0 Å². The average Bonchev–Trinajstić information content (AvgIpc) is 3.15. The molecule has 190 valence electrons. The molecule has 0 bridgehead atoms. The lowest BCUT2D eigenvalue weighted by atomic mass is 9.68. The van der Waals surface area contributed by atoms with Gasteiger partial charge in [0.15, 0.2) is 0 Å². The number of hydrogen-bond donors (Lipinski definition) is 1. The molecule has 0 spiro atoms. The number of likely N-dealkylation sites (tertiary alicyclic amines) is 2. The Morgan fingerprint density at radius 2 is 1.56 bits per heavy atom. The van der Waals surface area contributed by atoms with Gasteiger partial charge >= 0.3 is 0 Å². The summed E-state index contributed by atoms with van der Waals surface area (Å²) in [4.78, 5) is 40.7. The van der Waals surface area contributed by atoms with Gasteiger partial charge < -0.3 is 4.90 Å². The van der Waals surface area contributed by atoms with Gasteiger partial charge in [-0.3, -0.25) is 24.6 Å². The molecule has 0 aromatic carbocycles. The van der Waals surface area contributed by atoms with Crippen molar-refractivity contribution < 1.29 is 23.2 Å². The largest absolute Gasteiger partial charge is 0.330 e. The number of nitrogens with one attached hydrogen (secondary N) is 1. The first-order valence-electron chi connectivity index (χ1n) is 13.6. The van der Waals surface area contributed by atoms with E-state index in [1.54, 1.807) is 4.90 Å². The standard InChI is InChI=1S/C26H39F2N3O3/c27-24(28)23(17-4-2-1-3-5-17)30-12-10-16(11-13-30)18-6-7-20-19(14-18)15-31(26(20)34)21-8-9-22(32)29-25(21)33/h16-21,23-24H,1-15H2,(H,29,32,33). The van der Waals surface area contributed by atoms with Gasteiger partial charge in [0.25, 0.3) is 6.43 Å². The van der Waals surface area contributed by atoms with Gasteiger partial charge in [-0.1, -0.05) is 19.3 Å². The molecule has 5 atom stereocenters. The molecular formula is C26H39F2N3O3. The van der Waals surface area contributed by atoms with Gasteiger partial charge in [-0.05, 0) is 88.1 Å². The van der Waals surface area contributed by atoms with Crippen molar-refractivity contribution in [3.8, 4) is 0 Å². The summed E-state index contributed by atoms with van der Waals surface area (Å²) in [7, 11) is 0. The lowest BCUT2D eigenvalue weighted by molar-refractivity contribution is -0.144. The van der Waals surface area contributed by atoms with Crippen molar-refractivity contribution >= 4 is 17.7 Å². The zero-order chi connectivity index (χ0) is 23.8. The third-order valence-electron chi connectivity index (χ3n) is 9.69. The van der Waals surface area contributed by atoms with E-state index in [0.717, 1.165) is 70.9 Å². The van der Waals surface area contributed by atoms with Crippen molar-refractivity contribution in [2.24, 2.45) is 29.6 Å². The van der Waals surface area contributed by atoms with Crippen LogP contribution in [0.25, 0.3) is 0 Å². The third kappa shape index (κ3) is 4.76. The summed E-state index contributed by atoms with van der Waals surface area (Å²) in [5.74, 6) is 0.984. The van der Waals surface area contributed by atoms with Crippen LogP contribution in [0.4, 0.5) is 8.78 Å². The van der Waals surface area contributed by atoms with E-state index in [4.69, 9.17) is 0 Å². The van der Waals surface area contributed by atoms with Gasteiger partial charge in [0, 0.05) is 18.9 Å². The second kappa shape index (κ2) is 10.2. The van der Waals surface area contributed by atoms with Crippen LogP contribution in [-0.4, -0.2) is 65.7 Å². The zero-order valence-corrected chi connectivity index (χ0v) is 20.1. The molecule has 5 fully saturated rings. The molecule has 1 N–H and O–H groups in total. The van der Waals surface area contributed by atoms with E-state index >= 15 is 0 Å². The van der Waals surface area contributed by atoms with E-state index in [1.807, 2.05) is 0 Å². The molecule has 0 aromatic heterocycles. The summed E-state index contributed by atoms with van der Waals surface area (Å²) in [5.41, 5.74) is 0. The monoisotopic (exact) mass is 479 g/mol. The summed E-state index contributed by atoms with van der Waals surface area (Å²) in [6.45, 7) is 2.14. The second-order valence-corrected chi connectivity index (χ2v) is 11.5. The molecule has 5 rings (SSSR count). The van der Waals surface area contributed by atoms with Gasteiger partial charge in [-0.2, -0.15) is 0 Å². The van der Waals surface area contributed by atoms with Gasteiger partial charge in [0.2, 0.25) is 17.7 Å². The average molecular weight is 480 g/mol. The van der Waals surface area contributed by atoms with Crippen LogP contribution in [0.5, 0.6) is 0 Å². The van der Waals surface area contributed by atoms with Crippen molar-refractivity contribution in [2.75, 3.05) is 19.6 Å². The zero-order valence-electron chi connectivity index (χ0n) is 20.1. The molecule has 2 saturated carbocycles. The number of carbonyl (C=O) groups is 3. The maximum Gasteiger partial charge on any atom is 0.254 e. The van der Waals surface area contributed by atoms with Gasteiger partial charge in [-0.15, -0.1) is 0 Å². The molecule has 0 radical (unpaired) electrons. The number of carbonyl (C=O) groups excluding carboxylic acids is 3. The molecule has 3 aliphatic heterocycles. The van der Waals surface area contributed by atoms with Gasteiger partial charge in [0.05, 0.1) is 6.04 Å². The van der Waals surface area contributed by atoms with Crippen molar-refractivity contribution in [1.82, 2.24) is 15.1 Å². The predicted molar refractivity (Wildman–Crippen MR) is 123 cm³/mol. The number of rotatable bonds is 5. The molecule has 3 heterocycles. The quantitative estimate of drug-likeness (QED) is 0.612. The van der Waals surface area contributed by atoms with E-state index in [9.17, 15) is 23.2 Å². The van der Waals surface area contributed by atoms with E-state index in [0.29, 0.717) is 24.8 Å². The van der Waals surface area contributed by atoms with E-state index < -0.39 is 18.5 Å². The number of piperidine rings is 2. The summed E-state index contributed by atoms with van der Waals surface area (Å²) in [6, 6.07) is -1.09. The topological polar surface area (TPSA) is 69.7 Å². The highest BCUT2D eigenvalue weighted by atomic mass is 19.3. The number of halogens is 2. The number of fused-ring (bicyclic) bond motifs is 1. The SMILES string of the molecule is O=C1CCC(N2CC3CC(C4CCN(C(C(F)F)C5CCCCC5)CC4)CCC3C2=O)C(=O)N1. The summed E-state index contributed by atoms with van der Waals surface area (Å²) >= 11 is 0. The van der Waals surface area contributed by atoms with Crippen LogP contribution in [0.15, 0.2) is 0 Å². The lowest BCUT2D eigenvalue weighted by Crippen LogP contribution is -2.53. The Bertz CT molecular complexity index is 779. The Balaban J connectivity index is 1.16. The highest BCUT2D eigenvalue weighted by Gasteiger charge is 2.49. The molecule has 6 nitrogen and oxygen atoms in total. The fraction of sp³-hybridized carbons (Fsp3) is 0.885. The second-order valence-electron chi connectivity index (χ2n) is 11.5. The highest BCUT2D eigenvalue weighted by Crippen LogP contribution is 2.46. The normalized spacial score (nSPS) is 35.5. The van der Waals surface area contributed by atoms with Crippen molar-refractivity contribution in [3.05, 3.63) is 0 Å². The Morgan fingerprint density at radius 3 is 2.24 bits per heavy atom. The maximum absolute atomic E-state index is 14.0. The summed E-state index contributed by atoms with van der Waals surface area (Å²) in [5, 5.41) is 2.38. The molecule has 2 aliphatic carbocycles. The number of hydrogen-bond acceptors (Lipinski definition) is 4. The van der Waals surface area contributed by atoms with Crippen molar-refractivity contribution in [1.29, 1.82) is 0 Å². The molecule has 3 amide bonds. The molecule has 34 heavy (non-hydrogen) atoms. The van der Waals surface area contributed by atoms with E-state index in [1.165, 1.54) is 6.42 Å². The summed E-state index contributed by atoms with van der Waals surface area (Å²) < 4.78 is 28.0. The number of imide groups is 1. The van der Waals surface area contributed by atoms with E-state index in [-0.39, 0.29) is 41.9 Å². The van der Waals surface area contributed by atoms with Crippen LogP contribution in [0.3, 0.4) is 0 Å². The number of amides is 3. The first-order valence-corrected chi connectivity index (χ1v) is 13.6. The third-order valence-corrected chi connectivity index (χ3v) is 9.69. The van der Waals surface area contributed by atoms with Crippen LogP contribution in [-0.2, 0) is 14.4 Å². The smallest absolute Gasteiger partial charge is 0.254 e. The predicted octanol–water partition coefficient (Wildman–Crippen LogP) is 3.59. The molecule has 5 unspecified atom stereocenters. The Kier molecular flexibility index (Phi) is 7.24. The highest BCUT2D eigenvalue weighted by molar-refractivity contribution is 6.02. The number of nitrogens with zero attached hydrogens (tertiary/aromatic N) is 2. The molecule has 3 saturated heterocycles. The Labute approximate surface area is 201 Å². The lowest BCUT2D eigenvalue weighted by Gasteiger charge is -2.44. The van der Waals surface area contributed by atoms with Gasteiger partial charge in [0.1, 0.15) is 6.04 Å². The molecule has 5 aliphatic rings. The minimum Gasteiger partial charge on any atom is -0.330 e. The summed E-state index contributed by atoms with van der Waals surface area (Å²) in [6.07, 6.45) is 8.50. The van der Waals surface area contributed by atoms with Crippen LogP contribution in [0, 0.1) is 29.6 Å². The minimum absolute atomic E-state index is 0.00344. The molecule has 8 heteroatoms. The maximum atomic E-state index is 14.0. The fourth-order valence-corrected chi connectivity index (χ4v) is 7.90.